The molecule has 2 heterocycles. The zero-order chi connectivity index (χ0) is 14.9. The molecule has 110 valence electrons. The van der Waals surface area contributed by atoms with Gasteiger partial charge in [0, 0.05) is 27.9 Å². The summed E-state index contributed by atoms with van der Waals surface area (Å²) in [7, 11) is 0. The molecule has 0 aliphatic heterocycles. The van der Waals surface area contributed by atoms with Crippen molar-refractivity contribution in [2.45, 2.75) is 59.0 Å². The molecule has 0 amide bonds. The van der Waals surface area contributed by atoms with Crippen LogP contribution < -0.4 is 5.32 Å². The van der Waals surface area contributed by atoms with E-state index < -0.39 is 0 Å². The average Bonchev–Trinajstić information content (AvgIpc) is 2.93. The third-order valence-corrected chi connectivity index (χ3v) is 4.86. The van der Waals surface area contributed by atoms with Gasteiger partial charge in [-0.3, -0.25) is 0 Å². The molecule has 3 nitrogen and oxygen atoms in total. The average molecular weight is 310 g/mol. The number of aromatic nitrogens is 2. The molecule has 0 radical (unpaired) electrons. The largest absolute Gasteiger partial charge is 0.300 e. The molecule has 2 aromatic heterocycles. The first kappa shape index (κ1) is 15.6. The van der Waals surface area contributed by atoms with Crippen LogP contribution >= 0.6 is 22.7 Å². The summed E-state index contributed by atoms with van der Waals surface area (Å²) >= 11 is 3.43. The Morgan fingerprint density at radius 1 is 1.05 bits per heavy atom. The lowest BCUT2D eigenvalue weighted by molar-refractivity contribution is 0.517. The number of aryl methyl sites for hydroxylation is 1. The van der Waals surface area contributed by atoms with E-state index in [1.807, 2.05) is 6.92 Å². The summed E-state index contributed by atoms with van der Waals surface area (Å²) in [5.74, 6) is 0. The van der Waals surface area contributed by atoms with E-state index in [0.29, 0.717) is 6.04 Å². The number of hydrogen-bond donors (Lipinski definition) is 1. The molecule has 2 rings (SSSR count). The van der Waals surface area contributed by atoms with Crippen LogP contribution in [0.2, 0.25) is 0 Å². The Morgan fingerprint density at radius 2 is 1.65 bits per heavy atom. The molecule has 0 fully saturated rings. The highest BCUT2D eigenvalue weighted by Crippen LogP contribution is 2.31. The van der Waals surface area contributed by atoms with Gasteiger partial charge >= 0.3 is 0 Å². The van der Waals surface area contributed by atoms with Gasteiger partial charge in [0.1, 0.15) is 16.1 Å². The van der Waals surface area contributed by atoms with Crippen molar-refractivity contribution in [3.63, 3.8) is 0 Å². The smallest absolute Gasteiger partial charge is 0.117 e. The van der Waals surface area contributed by atoms with Crippen LogP contribution in [0.4, 0.5) is 0 Å². The fourth-order valence-corrected chi connectivity index (χ4v) is 3.89. The molecule has 1 unspecified atom stereocenters. The van der Waals surface area contributed by atoms with Gasteiger partial charge in [-0.05, 0) is 20.8 Å². The first-order chi connectivity index (χ1) is 9.27. The van der Waals surface area contributed by atoms with Gasteiger partial charge in [0.15, 0.2) is 0 Å². The first-order valence-corrected chi connectivity index (χ1v) is 8.67. The maximum Gasteiger partial charge on any atom is 0.117 e. The van der Waals surface area contributed by atoms with Gasteiger partial charge in [-0.2, -0.15) is 0 Å². The number of nitrogens with one attached hydrogen (secondary N) is 1. The van der Waals surface area contributed by atoms with Crippen molar-refractivity contribution in [3.05, 3.63) is 32.2 Å². The van der Waals surface area contributed by atoms with E-state index in [0.717, 1.165) is 21.4 Å². The Balaban J connectivity index is 2.34. The normalized spacial score (nSPS) is 13.9. The highest BCUT2D eigenvalue weighted by molar-refractivity contribution is 7.11. The molecule has 0 aliphatic carbocycles. The maximum absolute atomic E-state index is 4.84. The minimum Gasteiger partial charge on any atom is -0.300 e. The van der Waals surface area contributed by atoms with Gasteiger partial charge in [0.2, 0.25) is 0 Å². The van der Waals surface area contributed by atoms with Crippen LogP contribution in [0.3, 0.4) is 0 Å². The van der Waals surface area contributed by atoms with Crippen molar-refractivity contribution >= 4 is 22.7 Å². The summed E-state index contributed by atoms with van der Waals surface area (Å²) in [4.78, 5) is 9.48. The maximum atomic E-state index is 4.84. The Hall–Kier alpha value is -0.780. The van der Waals surface area contributed by atoms with Gasteiger partial charge in [0.05, 0.1) is 5.69 Å². The van der Waals surface area contributed by atoms with E-state index in [4.69, 9.17) is 4.98 Å². The molecular weight excluding hydrogens is 286 g/mol. The lowest BCUT2D eigenvalue weighted by atomic mass is 9.93. The van der Waals surface area contributed by atoms with E-state index in [-0.39, 0.29) is 11.5 Å². The van der Waals surface area contributed by atoms with Gasteiger partial charge in [-0.25, -0.2) is 9.97 Å². The fraction of sp³-hybridized carbons (Fsp3) is 0.600. The van der Waals surface area contributed by atoms with Crippen molar-refractivity contribution in [1.82, 2.24) is 15.3 Å². The zero-order valence-corrected chi connectivity index (χ0v) is 14.7. The monoisotopic (exact) mass is 309 g/mol. The summed E-state index contributed by atoms with van der Waals surface area (Å²) in [5.41, 5.74) is 2.32. The van der Waals surface area contributed by atoms with Crippen molar-refractivity contribution in [2.24, 2.45) is 0 Å². The van der Waals surface area contributed by atoms with Crippen LogP contribution in [0.15, 0.2) is 10.8 Å². The van der Waals surface area contributed by atoms with Gasteiger partial charge in [-0.1, -0.05) is 20.8 Å². The highest BCUT2D eigenvalue weighted by Gasteiger charge is 2.24. The summed E-state index contributed by atoms with van der Waals surface area (Å²) in [6.45, 7) is 12.9. The van der Waals surface area contributed by atoms with Crippen molar-refractivity contribution in [2.75, 3.05) is 0 Å². The fourth-order valence-electron chi connectivity index (χ4n) is 1.85. The highest BCUT2D eigenvalue weighted by atomic mass is 32.1. The van der Waals surface area contributed by atoms with E-state index in [9.17, 15) is 0 Å². The van der Waals surface area contributed by atoms with Gasteiger partial charge in [-0.15, -0.1) is 22.7 Å². The lowest BCUT2D eigenvalue weighted by Gasteiger charge is -2.18. The summed E-state index contributed by atoms with van der Waals surface area (Å²) in [6, 6.07) is 0.501. The molecular formula is C15H23N3S2. The van der Waals surface area contributed by atoms with Crippen LogP contribution in [0.5, 0.6) is 0 Å². The molecule has 20 heavy (non-hydrogen) atoms. The minimum atomic E-state index is 0.0932. The van der Waals surface area contributed by atoms with E-state index >= 15 is 0 Å². The Labute approximate surface area is 129 Å². The van der Waals surface area contributed by atoms with E-state index in [1.165, 1.54) is 0 Å². The number of thiazole rings is 2. The van der Waals surface area contributed by atoms with Crippen LogP contribution in [-0.2, 0) is 5.41 Å². The van der Waals surface area contributed by atoms with Crippen LogP contribution in [-0.4, -0.2) is 16.0 Å². The quantitative estimate of drug-likeness (QED) is 0.915. The number of rotatable bonds is 4. The molecule has 0 aliphatic rings. The summed E-state index contributed by atoms with van der Waals surface area (Å²) < 4.78 is 0. The van der Waals surface area contributed by atoms with Gasteiger partial charge < -0.3 is 5.32 Å². The lowest BCUT2D eigenvalue weighted by Crippen LogP contribution is -2.29. The second-order valence-electron chi connectivity index (χ2n) is 6.40. The molecule has 0 saturated heterocycles. The first-order valence-electron chi connectivity index (χ1n) is 6.91. The third-order valence-electron chi connectivity index (χ3n) is 2.92. The minimum absolute atomic E-state index is 0.0932. The van der Waals surface area contributed by atoms with Crippen molar-refractivity contribution < 1.29 is 0 Å². The molecule has 1 N–H and O–H groups in total. The zero-order valence-electron chi connectivity index (χ0n) is 13.0. The van der Waals surface area contributed by atoms with Crippen molar-refractivity contribution in [3.8, 4) is 0 Å². The van der Waals surface area contributed by atoms with Crippen LogP contribution in [0, 0.1) is 6.92 Å². The Kier molecular flexibility index (Phi) is 4.62. The second-order valence-corrected chi connectivity index (χ2v) is 8.18. The predicted molar refractivity (Wildman–Crippen MR) is 87.8 cm³/mol. The second kappa shape index (κ2) is 5.92. The number of hydrogen-bond acceptors (Lipinski definition) is 5. The predicted octanol–water partition coefficient (Wildman–Crippen LogP) is 4.29. The molecule has 1 atom stereocenters. The van der Waals surface area contributed by atoms with Crippen molar-refractivity contribution in [1.29, 1.82) is 0 Å². The molecule has 0 aromatic carbocycles. The Morgan fingerprint density at radius 3 is 2.10 bits per heavy atom. The van der Waals surface area contributed by atoms with Crippen LogP contribution in [0.25, 0.3) is 0 Å². The SMILES string of the molecule is Cc1csc(C(NC(C)C)c2nc(C(C)(C)C)cs2)n1. The van der Waals surface area contributed by atoms with E-state index in [1.54, 1.807) is 22.7 Å². The molecule has 5 heteroatoms. The standard InChI is InChI=1S/C15H23N3S2/c1-9(2)16-12(13-17-10(3)7-19-13)14-18-11(8-20-14)15(4,5)6/h7-9,12,16H,1-6H3. The van der Waals surface area contributed by atoms with E-state index in [2.05, 4.69) is 55.7 Å². The number of nitrogens with zero attached hydrogens (tertiary/aromatic N) is 2. The molecule has 2 aromatic rings. The third kappa shape index (κ3) is 3.65. The molecule has 0 saturated carbocycles. The topological polar surface area (TPSA) is 37.8 Å². The molecule has 0 bridgehead atoms. The van der Waals surface area contributed by atoms with Crippen LogP contribution in [0.1, 0.15) is 62.1 Å². The molecule has 0 spiro atoms. The Bertz CT molecular complexity index is 564. The van der Waals surface area contributed by atoms with Gasteiger partial charge in [0.25, 0.3) is 0 Å². The summed E-state index contributed by atoms with van der Waals surface area (Å²) in [6.07, 6.45) is 0. The summed E-state index contributed by atoms with van der Waals surface area (Å²) in [5, 5.41) is 10.1.